The Morgan fingerprint density at radius 1 is 1.09 bits per heavy atom. The Labute approximate surface area is 144 Å². The smallest absolute Gasteiger partial charge is 0.319 e. The van der Waals surface area contributed by atoms with Crippen LogP contribution in [0.1, 0.15) is 11.1 Å². The van der Waals surface area contributed by atoms with Crippen LogP contribution in [0.3, 0.4) is 0 Å². The van der Waals surface area contributed by atoms with E-state index >= 15 is 0 Å². The fraction of sp³-hybridized carbons (Fsp3) is 0.235. The highest BCUT2D eigenvalue weighted by molar-refractivity contribution is 9.10. The molecule has 0 aliphatic rings. The third kappa shape index (κ3) is 4.63. The van der Waals surface area contributed by atoms with Crippen molar-refractivity contribution in [3.63, 3.8) is 0 Å². The Hall–Kier alpha value is -2.21. The van der Waals surface area contributed by atoms with E-state index in [2.05, 4.69) is 26.6 Å². The molecule has 0 heterocycles. The SMILES string of the molecule is COc1ccc(CNC(=O)Nc2ccc(C)cc2Br)cc1OC. The molecule has 2 aromatic rings. The maximum absolute atomic E-state index is 12.0. The van der Waals surface area contributed by atoms with E-state index in [0.29, 0.717) is 18.0 Å². The van der Waals surface area contributed by atoms with E-state index in [1.165, 1.54) is 0 Å². The van der Waals surface area contributed by atoms with E-state index in [0.717, 1.165) is 21.3 Å². The second-order valence-corrected chi connectivity index (χ2v) is 5.83. The molecule has 0 aliphatic carbocycles. The summed E-state index contributed by atoms with van der Waals surface area (Å²) in [4.78, 5) is 12.0. The van der Waals surface area contributed by atoms with Gasteiger partial charge in [-0.25, -0.2) is 4.79 Å². The summed E-state index contributed by atoms with van der Waals surface area (Å²) in [5.74, 6) is 1.29. The first kappa shape index (κ1) is 17.1. The third-order valence-electron chi connectivity index (χ3n) is 3.27. The number of hydrogen-bond acceptors (Lipinski definition) is 3. The third-order valence-corrected chi connectivity index (χ3v) is 3.93. The molecule has 2 aromatic carbocycles. The van der Waals surface area contributed by atoms with Crippen molar-refractivity contribution >= 4 is 27.6 Å². The quantitative estimate of drug-likeness (QED) is 0.823. The molecule has 0 saturated heterocycles. The molecular formula is C17H19BrN2O3. The van der Waals surface area contributed by atoms with Gasteiger partial charge in [-0.1, -0.05) is 12.1 Å². The number of carbonyl (C=O) groups excluding carboxylic acids is 1. The van der Waals surface area contributed by atoms with Gasteiger partial charge >= 0.3 is 6.03 Å². The van der Waals surface area contributed by atoms with Crippen LogP contribution < -0.4 is 20.1 Å². The molecule has 2 amide bonds. The molecule has 2 rings (SSSR count). The highest BCUT2D eigenvalue weighted by atomic mass is 79.9. The maximum atomic E-state index is 12.0. The van der Waals surface area contributed by atoms with Gasteiger partial charge in [0.15, 0.2) is 11.5 Å². The molecule has 0 unspecified atom stereocenters. The summed E-state index contributed by atoms with van der Waals surface area (Å²) in [7, 11) is 3.17. The molecule has 0 radical (unpaired) electrons. The van der Waals surface area contributed by atoms with Crippen molar-refractivity contribution in [1.82, 2.24) is 5.32 Å². The van der Waals surface area contributed by atoms with Crippen molar-refractivity contribution in [3.8, 4) is 11.5 Å². The van der Waals surface area contributed by atoms with Crippen molar-refractivity contribution < 1.29 is 14.3 Å². The second kappa shape index (κ2) is 7.87. The number of hydrogen-bond donors (Lipinski definition) is 2. The molecule has 2 N–H and O–H groups in total. The minimum atomic E-state index is -0.274. The standard InChI is InChI=1S/C17H19BrN2O3/c1-11-4-6-14(13(18)8-11)20-17(21)19-10-12-5-7-15(22-2)16(9-12)23-3/h4-9H,10H2,1-3H3,(H2,19,20,21). The van der Waals surface area contributed by atoms with Gasteiger partial charge in [-0.15, -0.1) is 0 Å². The van der Waals surface area contributed by atoms with Gasteiger partial charge in [-0.05, 0) is 58.2 Å². The molecular weight excluding hydrogens is 360 g/mol. The minimum absolute atomic E-state index is 0.274. The number of anilines is 1. The van der Waals surface area contributed by atoms with Crippen LogP contribution in [-0.4, -0.2) is 20.3 Å². The number of halogens is 1. The van der Waals surface area contributed by atoms with Gasteiger partial charge in [0.05, 0.1) is 19.9 Å². The summed E-state index contributed by atoms with van der Waals surface area (Å²) in [6, 6.07) is 11.0. The van der Waals surface area contributed by atoms with Crippen molar-refractivity contribution in [2.45, 2.75) is 13.5 Å². The van der Waals surface area contributed by atoms with Crippen LogP contribution in [0, 0.1) is 6.92 Å². The number of methoxy groups -OCH3 is 2. The minimum Gasteiger partial charge on any atom is -0.493 e. The van der Waals surface area contributed by atoms with E-state index in [1.807, 2.05) is 43.3 Å². The average Bonchev–Trinajstić information content (AvgIpc) is 2.55. The normalized spacial score (nSPS) is 10.1. The summed E-state index contributed by atoms with van der Waals surface area (Å²) in [5, 5.41) is 5.62. The number of ether oxygens (including phenoxy) is 2. The van der Waals surface area contributed by atoms with Crippen LogP contribution in [-0.2, 0) is 6.54 Å². The van der Waals surface area contributed by atoms with Gasteiger partial charge in [-0.2, -0.15) is 0 Å². The number of benzene rings is 2. The fourth-order valence-corrected chi connectivity index (χ4v) is 2.65. The Morgan fingerprint density at radius 3 is 2.48 bits per heavy atom. The molecule has 0 fully saturated rings. The summed E-state index contributed by atoms with van der Waals surface area (Å²) < 4.78 is 11.3. The maximum Gasteiger partial charge on any atom is 0.319 e. The molecule has 6 heteroatoms. The molecule has 0 aromatic heterocycles. The Morgan fingerprint density at radius 2 is 1.83 bits per heavy atom. The molecule has 23 heavy (non-hydrogen) atoms. The van der Waals surface area contributed by atoms with Crippen LogP contribution >= 0.6 is 15.9 Å². The first-order valence-corrected chi connectivity index (χ1v) is 7.84. The van der Waals surface area contributed by atoms with Gasteiger partial charge in [-0.3, -0.25) is 0 Å². The first-order chi connectivity index (χ1) is 11.0. The van der Waals surface area contributed by atoms with Gasteiger partial charge in [0.25, 0.3) is 0 Å². The Bertz CT molecular complexity index is 704. The van der Waals surface area contributed by atoms with Crippen LogP contribution in [0.25, 0.3) is 0 Å². The Kier molecular flexibility index (Phi) is 5.87. The van der Waals surface area contributed by atoms with Crippen molar-refractivity contribution in [3.05, 3.63) is 52.0 Å². The predicted molar refractivity (Wildman–Crippen MR) is 94.3 cm³/mol. The van der Waals surface area contributed by atoms with Crippen LogP contribution in [0.4, 0.5) is 10.5 Å². The fourth-order valence-electron chi connectivity index (χ4n) is 2.06. The van der Waals surface area contributed by atoms with E-state index in [9.17, 15) is 4.79 Å². The molecule has 0 atom stereocenters. The van der Waals surface area contributed by atoms with Gasteiger partial charge < -0.3 is 20.1 Å². The number of aryl methyl sites for hydroxylation is 1. The molecule has 0 spiro atoms. The predicted octanol–water partition coefficient (Wildman–Crippen LogP) is 4.10. The van der Waals surface area contributed by atoms with Crippen molar-refractivity contribution in [2.24, 2.45) is 0 Å². The van der Waals surface area contributed by atoms with E-state index in [4.69, 9.17) is 9.47 Å². The summed E-state index contributed by atoms with van der Waals surface area (Å²) >= 11 is 3.43. The van der Waals surface area contributed by atoms with Crippen LogP contribution in [0.2, 0.25) is 0 Å². The summed E-state index contributed by atoms with van der Waals surface area (Å²) in [6.45, 7) is 2.38. The first-order valence-electron chi connectivity index (χ1n) is 7.05. The number of amides is 2. The Balaban J connectivity index is 1.96. The van der Waals surface area contributed by atoms with Gasteiger partial charge in [0.2, 0.25) is 0 Å². The lowest BCUT2D eigenvalue weighted by atomic mass is 10.2. The molecule has 0 saturated carbocycles. The number of carbonyl (C=O) groups is 1. The lowest BCUT2D eigenvalue weighted by Gasteiger charge is -2.12. The number of urea groups is 1. The largest absolute Gasteiger partial charge is 0.493 e. The lowest BCUT2D eigenvalue weighted by Crippen LogP contribution is -2.28. The van der Waals surface area contributed by atoms with Crippen LogP contribution in [0.5, 0.6) is 11.5 Å². The molecule has 122 valence electrons. The topological polar surface area (TPSA) is 59.6 Å². The molecule has 0 bridgehead atoms. The summed E-state index contributed by atoms with van der Waals surface area (Å²) in [5.41, 5.74) is 2.76. The molecule has 0 aliphatic heterocycles. The van der Waals surface area contributed by atoms with Crippen molar-refractivity contribution in [2.75, 3.05) is 19.5 Å². The van der Waals surface area contributed by atoms with Crippen molar-refractivity contribution in [1.29, 1.82) is 0 Å². The highest BCUT2D eigenvalue weighted by Crippen LogP contribution is 2.27. The van der Waals surface area contributed by atoms with E-state index in [1.54, 1.807) is 14.2 Å². The number of rotatable bonds is 5. The zero-order valence-electron chi connectivity index (χ0n) is 13.3. The highest BCUT2D eigenvalue weighted by Gasteiger charge is 2.07. The number of nitrogens with one attached hydrogen (secondary N) is 2. The monoisotopic (exact) mass is 378 g/mol. The lowest BCUT2D eigenvalue weighted by molar-refractivity contribution is 0.251. The average molecular weight is 379 g/mol. The van der Waals surface area contributed by atoms with E-state index in [-0.39, 0.29) is 6.03 Å². The van der Waals surface area contributed by atoms with E-state index < -0.39 is 0 Å². The summed E-state index contributed by atoms with van der Waals surface area (Å²) in [6.07, 6.45) is 0. The zero-order chi connectivity index (χ0) is 16.8. The zero-order valence-corrected chi connectivity index (χ0v) is 14.9. The second-order valence-electron chi connectivity index (χ2n) is 4.98. The van der Waals surface area contributed by atoms with Gasteiger partial charge in [0.1, 0.15) is 0 Å². The molecule has 5 nitrogen and oxygen atoms in total. The van der Waals surface area contributed by atoms with Gasteiger partial charge in [0, 0.05) is 11.0 Å². The van der Waals surface area contributed by atoms with Crippen LogP contribution in [0.15, 0.2) is 40.9 Å².